The second-order valence-corrected chi connectivity index (χ2v) is 6.64. The number of halogens is 1. The molecule has 5 heteroatoms. The Morgan fingerprint density at radius 2 is 2.10 bits per heavy atom. The third-order valence-corrected chi connectivity index (χ3v) is 5.17. The molecule has 2 unspecified atom stereocenters. The average molecular weight is 308 g/mol. The number of ether oxygens (including phenoxy) is 1. The molecule has 3 nitrogen and oxygen atoms in total. The van der Waals surface area contributed by atoms with E-state index in [2.05, 4.69) is 0 Å². The van der Waals surface area contributed by atoms with Crippen LogP contribution in [-0.4, -0.2) is 16.6 Å². The maximum absolute atomic E-state index is 12.5. The predicted molar refractivity (Wildman–Crippen MR) is 81.8 cm³/mol. The van der Waals surface area contributed by atoms with Gasteiger partial charge in [0, 0.05) is 27.9 Å². The van der Waals surface area contributed by atoms with Crippen LogP contribution in [0.15, 0.2) is 47.4 Å². The van der Waals surface area contributed by atoms with Crippen molar-refractivity contribution in [1.29, 1.82) is 0 Å². The molecule has 1 aliphatic heterocycles. The molecular formula is C15H14ClNO2S. The van der Waals surface area contributed by atoms with Gasteiger partial charge in [-0.05, 0) is 24.3 Å². The van der Waals surface area contributed by atoms with Crippen molar-refractivity contribution < 1.29 is 8.95 Å². The Bertz CT molecular complexity index is 675. The quantitative estimate of drug-likeness (QED) is 0.886. The molecule has 2 aromatic carbocycles. The van der Waals surface area contributed by atoms with E-state index in [0.29, 0.717) is 28.0 Å². The lowest BCUT2D eigenvalue weighted by atomic mass is 10.0. The third-order valence-electron chi connectivity index (χ3n) is 3.37. The molecule has 0 radical (unpaired) electrons. The van der Waals surface area contributed by atoms with E-state index in [1.54, 1.807) is 18.2 Å². The van der Waals surface area contributed by atoms with E-state index in [-0.39, 0.29) is 5.92 Å². The van der Waals surface area contributed by atoms with Gasteiger partial charge in [-0.1, -0.05) is 29.8 Å². The predicted octanol–water partition coefficient (Wildman–Crippen LogP) is 3.21. The number of nitrogen functional groups attached to an aromatic ring is 1. The molecule has 0 saturated carbocycles. The number of benzene rings is 2. The summed E-state index contributed by atoms with van der Waals surface area (Å²) in [6.07, 6.45) is 0. The minimum absolute atomic E-state index is 0.141. The Hall–Kier alpha value is -1.52. The monoisotopic (exact) mass is 307 g/mol. The Morgan fingerprint density at radius 3 is 2.90 bits per heavy atom. The Kier molecular flexibility index (Phi) is 3.68. The van der Waals surface area contributed by atoms with Crippen LogP contribution in [0.1, 0.15) is 11.5 Å². The van der Waals surface area contributed by atoms with Crippen LogP contribution in [0.3, 0.4) is 0 Å². The lowest BCUT2D eigenvalue weighted by Gasteiger charge is -2.10. The fourth-order valence-corrected chi connectivity index (χ4v) is 3.91. The van der Waals surface area contributed by atoms with Crippen LogP contribution < -0.4 is 10.5 Å². The number of nitrogens with two attached hydrogens (primary N) is 1. The fraction of sp³-hybridized carbons (Fsp3) is 0.200. The first-order chi connectivity index (χ1) is 9.65. The highest BCUT2D eigenvalue weighted by Crippen LogP contribution is 2.35. The zero-order valence-electron chi connectivity index (χ0n) is 10.7. The molecule has 0 aromatic heterocycles. The van der Waals surface area contributed by atoms with Crippen molar-refractivity contribution in [2.24, 2.45) is 0 Å². The topological polar surface area (TPSA) is 52.3 Å². The van der Waals surface area contributed by atoms with Gasteiger partial charge in [-0.3, -0.25) is 4.21 Å². The van der Waals surface area contributed by atoms with E-state index in [1.807, 2.05) is 24.3 Å². The summed E-state index contributed by atoms with van der Waals surface area (Å²) in [5.74, 6) is 1.53. The second-order valence-electron chi connectivity index (χ2n) is 4.74. The summed E-state index contributed by atoms with van der Waals surface area (Å²) in [6.45, 7) is 0.568. The molecule has 0 aliphatic carbocycles. The van der Waals surface area contributed by atoms with Gasteiger partial charge in [0.15, 0.2) is 0 Å². The lowest BCUT2D eigenvalue weighted by molar-refractivity contribution is 0.338. The fourth-order valence-electron chi connectivity index (χ4n) is 2.37. The molecule has 0 bridgehead atoms. The molecule has 2 atom stereocenters. The molecule has 1 heterocycles. The van der Waals surface area contributed by atoms with Gasteiger partial charge in [-0.15, -0.1) is 0 Å². The van der Waals surface area contributed by atoms with Crippen LogP contribution in [0.4, 0.5) is 5.69 Å². The van der Waals surface area contributed by atoms with Crippen molar-refractivity contribution in [2.75, 3.05) is 18.1 Å². The largest absolute Gasteiger partial charge is 0.493 e. The molecule has 0 amide bonds. The van der Waals surface area contributed by atoms with Crippen molar-refractivity contribution in [3.05, 3.63) is 53.1 Å². The highest BCUT2D eigenvalue weighted by Gasteiger charge is 2.26. The molecule has 2 aromatic rings. The van der Waals surface area contributed by atoms with Crippen LogP contribution in [0.5, 0.6) is 5.75 Å². The van der Waals surface area contributed by atoms with E-state index in [9.17, 15) is 4.21 Å². The molecular weight excluding hydrogens is 294 g/mol. The Labute approximate surface area is 125 Å². The van der Waals surface area contributed by atoms with Gasteiger partial charge >= 0.3 is 0 Å². The summed E-state index contributed by atoms with van der Waals surface area (Å²) in [5, 5.41) is 0.554. The maximum atomic E-state index is 12.5. The number of hydrogen-bond acceptors (Lipinski definition) is 3. The summed E-state index contributed by atoms with van der Waals surface area (Å²) in [6, 6.07) is 13.0. The number of rotatable bonds is 3. The molecule has 0 saturated heterocycles. The van der Waals surface area contributed by atoms with Crippen LogP contribution in [0.25, 0.3) is 0 Å². The SMILES string of the molecule is Nc1cc(Cl)ccc1S(=O)CC1COc2ccccc21. The van der Waals surface area contributed by atoms with Crippen LogP contribution in [0.2, 0.25) is 5.02 Å². The first-order valence-corrected chi connectivity index (χ1v) is 8.00. The second kappa shape index (κ2) is 5.46. The number of anilines is 1. The van der Waals surface area contributed by atoms with Gasteiger partial charge in [0.1, 0.15) is 5.75 Å². The molecule has 2 N–H and O–H groups in total. The third kappa shape index (κ3) is 2.53. The van der Waals surface area contributed by atoms with E-state index in [0.717, 1.165) is 11.3 Å². The highest BCUT2D eigenvalue weighted by atomic mass is 35.5. The zero-order chi connectivity index (χ0) is 14.1. The average Bonchev–Trinajstić information content (AvgIpc) is 2.82. The van der Waals surface area contributed by atoms with Crippen molar-refractivity contribution in [3.8, 4) is 5.75 Å². The Morgan fingerprint density at radius 1 is 1.30 bits per heavy atom. The normalized spacial score (nSPS) is 18.4. The number of para-hydroxylation sites is 1. The van der Waals surface area contributed by atoms with E-state index >= 15 is 0 Å². The van der Waals surface area contributed by atoms with E-state index in [1.165, 1.54) is 0 Å². The maximum Gasteiger partial charge on any atom is 0.122 e. The summed E-state index contributed by atoms with van der Waals surface area (Å²) in [5.41, 5.74) is 7.48. The lowest BCUT2D eigenvalue weighted by Crippen LogP contribution is -2.12. The van der Waals surface area contributed by atoms with E-state index < -0.39 is 10.8 Å². The van der Waals surface area contributed by atoms with Crippen LogP contribution >= 0.6 is 11.6 Å². The van der Waals surface area contributed by atoms with Crippen molar-refractivity contribution >= 4 is 28.1 Å². The van der Waals surface area contributed by atoms with Gasteiger partial charge < -0.3 is 10.5 Å². The van der Waals surface area contributed by atoms with Crippen molar-refractivity contribution in [3.63, 3.8) is 0 Å². The van der Waals surface area contributed by atoms with Gasteiger partial charge in [-0.25, -0.2) is 0 Å². The van der Waals surface area contributed by atoms with Gasteiger partial charge in [0.25, 0.3) is 0 Å². The standard InChI is InChI=1S/C15H14ClNO2S/c16-11-5-6-15(13(17)7-11)20(18)9-10-8-19-14-4-2-1-3-12(10)14/h1-7,10H,8-9,17H2. The highest BCUT2D eigenvalue weighted by molar-refractivity contribution is 7.85. The van der Waals surface area contributed by atoms with Crippen molar-refractivity contribution in [2.45, 2.75) is 10.8 Å². The molecule has 20 heavy (non-hydrogen) atoms. The molecule has 0 spiro atoms. The van der Waals surface area contributed by atoms with Gasteiger partial charge in [0.2, 0.25) is 0 Å². The molecule has 1 aliphatic rings. The number of hydrogen-bond donors (Lipinski definition) is 1. The minimum atomic E-state index is -1.16. The van der Waals surface area contributed by atoms with Crippen LogP contribution in [0, 0.1) is 0 Å². The van der Waals surface area contributed by atoms with Crippen molar-refractivity contribution in [1.82, 2.24) is 0 Å². The summed E-state index contributed by atoms with van der Waals surface area (Å²) < 4.78 is 18.1. The van der Waals surface area contributed by atoms with Gasteiger partial charge in [-0.2, -0.15) is 0 Å². The van der Waals surface area contributed by atoms with Crippen LogP contribution in [-0.2, 0) is 10.8 Å². The molecule has 104 valence electrons. The first kappa shape index (κ1) is 13.5. The smallest absolute Gasteiger partial charge is 0.122 e. The Balaban J connectivity index is 1.81. The molecule has 0 fully saturated rings. The first-order valence-electron chi connectivity index (χ1n) is 6.30. The number of fused-ring (bicyclic) bond motifs is 1. The molecule has 3 rings (SSSR count). The summed E-state index contributed by atoms with van der Waals surface area (Å²) >= 11 is 5.86. The zero-order valence-corrected chi connectivity index (χ0v) is 12.3. The minimum Gasteiger partial charge on any atom is -0.493 e. The summed E-state index contributed by atoms with van der Waals surface area (Å²) in [4.78, 5) is 0.638. The summed E-state index contributed by atoms with van der Waals surface area (Å²) in [7, 11) is -1.16. The van der Waals surface area contributed by atoms with E-state index in [4.69, 9.17) is 22.1 Å². The van der Waals surface area contributed by atoms with Gasteiger partial charge in [0.05, 0.1) is 22.3 Å².